The van der Waals surface area contributed by atoms with E-state index in [0.717, 1.165) is 24.7 Å². The van der Waals surface area contributed by atoms with E-state index in [9.17, 15) is 9.18 Å². The Bertz CT molecular complexity index is 866. The molecule has 4 fully saturated rings. The second kappa shape index (κ2) is 6.83. The maximum absolute atomic E-state index is 13.2. The molecule has 0 unspecified atom stereocenters. The summed E-state index contributed by atoms with van der Waals surface area (Å²) in [4.78, 5) is 12.9. The van der Waals surface area contributed by atoms with Gasteiger partial charge in [0.25, 0.3) is 0 Å². The molecule has 4 aliphatic carbocycles. The second-order valence-corrected chi connectivity index (χ2v) is 11.2. The van der Waals surface area contributed by atoms with Gasteiger partial charge >= 0.3 is 6.03 Å². The number of anilines is 1. The molecule has 6 atom stereocenters. The molecule has 3 nitrogen and oxygen atoms in total. The average Bonchev–Trinajstić information content (AvgIpc) is 2.91. The van der Waals surface area contributed by atoms with Gasteiger partial charge in [0, 0.05) is 11.2 Å². The smallest absolute Gasteiger partial charge is 0.319 e. The fourth-order valence-electron chi connectivity index (χ4n) is 8.46. The predicted molar refractivity (Wildman–Crippen MR) is 119 cm³/mol. The first-order valence-electron chi connectivity index (χ1n) is 11.8. The summed E-state index contributed by atoms with van der Waals surface area (Å²) in [6.07, 6.45) is 11.2. The van der Waals surface area contributed by atoms with Crippen LogP contribution in [0.3, 0.4) is 0 Å². The first-order chi connectivity index (χ1) is 14.2. The maximum atomic E-state index is 13.2. The molecule has 0 heterocycles. The SMILES string of the molecule is C=C1C[C@@]23CC[C@H]4[C@@](C)(CCC[C@@]4(C)NC(=O)Nc4ccc(F)cc4)[C@@H]2CC[C@@H]1C3. The third kappa shape index (κ3) is 3.01. The van der Waals surface area contributed by atoms with E-state index in [1.165, 1.54) is 62.7 Å². The van der Waals surface area contributed by atoms with Crippen LogP contribution in [0.4, 0.5) is 14.9 Å². The van der Waals surface area contributed by atoms with Crippen molar-refractivity contribution in [1.29, 1.82) is 0 Å². The highest BCUT2D eigenvalue weighted by Crippen LogP contribution is 2.70. The van der Waals surface area contributed by atoms with Crippen LogP contribution in [-0.2, 0) is 0 Å². The Balaban J connectivity index is 1.36. The van der Waals surface area contributed by atoms with Crippen LogP contribution < -0.4 is 10.6 Å². The minimum Gasteiger partial charge on any atom is -0.332 e. The lowest BCUT2D eigenvalue weighted by Gasteiger charge is -2.64. The molecule has 0 saturated heterocycles. The zero-order valence-corrected chi connectivity index (χ0v) is 18.4. The number of rotatable bonds is 2. The molecule has 2 N–H and O–H groups in total. The molecule has 1 aromatic rings. The third-order valence-corrected chi connectivity index (χ3v) is 9.56. The zero-order chi connectivity index (χ0) is 21.1. The Labute approximate surface area is 179 Å². The summed E-state index contributed by atoms with van der Waals surface area (Å²) in [5.41, 5.74) is 2.69. The number of urea groups is 1. The number of amides is 2. The van der Waals surface area contributed by atoms with Gasteiger partial charge in [-0.05, 0) is 111 Å². The molecule has 2 bridgehead atoms. The molecular formula is C26H35FN2O. The van der Waals surface area contributed by atoms with Gasteiger partial charge in [-0.15, -0.1) is 0 Å². The standard InChI is InChI=1S/C26H35FN2O/c1-17-15-26-14-11-21-24(2,22(26)10-5-18(17)16-26)12-4-13-25(21,3)29-23(30)28-20-8-6-19(27)7-9-20/h6-9,18,21-22H,1,4-5,10-16H2,2-3H3,(H2,28,29,30)/t18-,21+,22+,24-,25-,26-/m1/s1. The number of benzene rings is 1. The molecule has 1 spiro atoms. The van der Waals surface area contributed by atoms with Crippen LogP contribution in [0, 0.1) is 34.4 Å². The summed E-state index contributed by atoms with van der Waals surface area (Å²) >= 11 is 0. The minimum absolute atomic E-state index is 0.174. The largest absolute Gasteiger partial charge is 0.332 e. The van der Waals surface area contributed by atoms with Gasteiger partial charge in [0.05, 0.1) is 0 Å². The molecule has 0 aliphatic heterocycles. The Hall–Kier alpha value is -1.84. The van der Waals surface area contributed by atoms with Crippen LogP contribution in [0.1, 0.15) is 71.6 Å². The first-order valence-corrected chi connectivity index (χ1v) is 11.8. The van der Waals surface area contributed by atoms with Crippen molar-refractivity contribution in [2.75, 3.05) is 5.32 Å². The van der Waals surface area contributed by atoms with E-state index >= 15 is 0 Å². The zero-order valence-electron chi connectivity index (χ0n) is 18.4. The predicted octanol–water partition coefficient (Wildman–Crippen LogP) is 6.67. The highest BCUT2D eigenvalue weighted by molar-refractivity contribution is 5.89. The topological polar surface area (TPSA) is 41.1 Å². The molecule has 0 radical (unpaired) electrons. The van der Waals surface area contributed by atoms with Crippen molar-refractivity contribution in [1.82, 2.24) is 5.32 Å². The van der Waals surface area contributed by atoms with Crippen molar-refractivity contribution in [3.63, 3.8) is 0 Å². The summed E-state index contributed by atoms with van der Waals surface area (Å²) in [6.45, 7) is 9.22. The summed E-state index contributed by atoms with van der Waals surface area (Å²) in [7, 11) is 0. The van der Waals surface area contributed by atoms with Gasteiger partial charge in [0.2, 0.25) is 0 Å². The van der Waals surface area contributed by atoms with Crippen molar-refractivity contribution in [2.45, 2.75) is 77.2 Å². The number of allylic oxidation sites excluding steroid dienone is 1. The normalized spacial score (nSPS) is 42.2. The van der Waals surface area contributed by atoms with Crippen molar-refractivity contribution >= 4 is 11.7 Å². The Morgan fingerprint density at radius 1 is 1.07 bits per heavy atom. The molecular weight excluding hydrogens is 375 g/mol. The van der Waals surface area contributed by atoms with Crippen molar-refractivity contribution < 1.29 is 9.18 Å². The highest BCUT2D eigenvalue weighted by Gasteiger charge is 2.63. The maximum Gasteiger partial charge on any atom is 0.319 e. The van der Waals surface area contributed by atoms with E-state index in [4.69, 9.17) is 0 Å². The van der Waals surface area contributed by atoms with E-state index < -0.39 is 0 Å². The van der Waals surface area contributed by atoms with Gasteiger partial charge in [-0.1, -0.05) is 25.5 Å². The van der Waals surface area contributed by atoms with E-state index in [0.29, 0.717) is 17.0 Å². The molecule has 1 aromatic carbocycles. The Morgan fingerprint density at radius 2 is 1.83 bits per heavy atom. The number of fused-ring (bicyclic) bond motifs is 3. The van der Waals surface area contributed by atoms with Gasteiger partial charge in [0.1, 0.15) is 5.82 Å². The van der Waals surface area contributed by atoms with Crippen molar-refractivity contribution in [3.05, 3.63) is 42.2 Å². The summed E-state index contributed by atoms with van der Waals surface area (Å²) in [5, 5.41) is 6.28. The monoisotopic (exact) mass is 410 g/mol. The summed E-state index contributed by atoms with van der Waals surface area (Å²) in [6, 6.07) is 5.80. The quantitative estimate of drug-likeness (QED) is 0.525. The third-order valence-electron chi connectivity index (χ3n) is 9.56. The lowest BCUT2D eigenvalue weighted by molar-refractivity contribution is -0.130. The summed E-state index contributed by atoms with van der Waals surface area (Å²) in [5.74, 6) is 1.71. The van der Waals surface area contributed by atoms with Crippen LogP contribution in [0.15, 0.2) is 36.4 Å². The van der Waals surface area contributed by atoms with Crippen molar-refractivity contribution in [2.24, 2.45) is 28.6 Å². The van der Waals surface area contributed by atoms with E-state index in [2.05, 4.69) is 31.1 Å². The molecule has 162 valence electrons. The number of halogens is 1. The Kier molecular flexibility index (Phi) is 4.57. The lowest BCUT2D eigenvalue weighted by Crippen LogP contribution is -2.64. The molecule has 5 rings (SSSR count). The molecule has 0 aromatic heterocycles. The Morgan fingerprint density at radius 3 is 2.60 bits per heavy atom. The average molecular weight is 411 g/mol. The van der Waals surface area contributed by atoms with E-state index in [1.807, 2.05) is 0 Å². The van der Waals surface area contributed by atoms with Crippen LogP contribution in [-0.4, -0.2) is 11.6 Å². The molecule has 2 amide bonds. The van der Waals surface area contributed by atoms with E-state index in [1.54, 1.807) is 12.1 Å². The molecule has 4 saturated carbocycles. The first kappa shape index (κ1) is 20.1. The summed E-state index contributed by atoms with van der Waals surface area (Å²) < 4.78 is 13.2. The fourth-order valence-corrected chi connectivity index (χ4v) is 8.46. The van der Waals surface area contributed by atoms with E-state index in [-0.39, 0.29) is 22.8 Å². The van der Waals surface area contributed by atoms with Crippen LogP contribution in [0.5, 0.6) is 0 Å². The van der Waals surface area contributed by atoms with Gasteiger partial charge < -0.3 is 10.6 Å². The van der Waals surface area contributed by atoms with Crippen LogP contribution >= 0.6 is 0 Å². The number of nitrogens with one attached hydrogen (secondary N) is 2. The van der Waals surface area contributed by atoms with Gasteiger partial charge in [0.15, 0.2) is 0 Å². The number of hydrogen-bond acceptors (Lipinski definition) is 1. The number of hydrogen-bond donors (Lipinski definition) is 2. The highest BCUT2D eigenvalue weighted by atomic mass is 19.1. The number of carbonyl (C=O) groups excluding carboxylic acids is 1. The molecule has 4 heteroatoms. The second-order valence-electron chi connectivity index (χ2n) is 11.2. The van der Waals surface area contributed by atoms with Crippen LogP contribution in [0.2, 0.25) is 0 Å². The van der Waals surface area contributed by atoms with Gasteiger partial charge in [-0.2, -0.15) is 0 Å². The number of carbonyl (C=O) groups is 1. The molecule has 30 heavy (non-hydrogen) atoms. The van der Waals surface area contributed by atoms with Crippen LogP contribution in [0.25, 0.3) is 0 Å². The minimum atomic E-state index is -0.295. The fraction of sp³-hybridized carbons (Fsp3) is 0.654. The van der Waals surface area contributed by atoms with Crippen molar-refractivity contribution in [3.8, 4) is 0 Å². The lowest BCUT2D eigenvalue weighted by atomic mass is 9.42. The van der Waals surface area contributed by atoms with Gasteiger partial charge in [-0.3, -0.25) is 0 Å². The van der Waals surface area contributed by atoms with Gasteiger partial charge in [-0.25, -0.2) is 9.18 Å². The molecule has 4 aliphatic rings.